The Bertz CT molecular complexity index is 1080. The van der Waals surface area contributed by atoms with Gasteiger partial charge in [0.25, 0.3) is 0 Å². The first-order chi connectivity index (χ1) is 16.9. The first-order valence-corrected chi connectivity index (χ1v) is 13.1. The minimum absolute atomic E-state index is 0.0773. The van der Waals surface area contributed by atoms with Gasteiger partial charge in [0.2, 0.25) is 0 Å². The van der Waals surface area contributed by atoms with Crippen molar-refractivity contribution in [1.82, 2.24) is 14.4 Å². The van der Waals surface area contributed by atoms with Gasteiger partial charge >= 0.3 is 5.97 Å². The zero-order chi connectivity index (χ0) is 24.9. The lowest BCUT2D eigenvalue weighted by molar-refractivity contribution is -0.146. The number of likely N-dealkylation sites (tertiary alicyclic amines) is 2. The summed E-state index contributed by atoms with van der Waals surface area (Å²) in [7, 11) is 0. The third-order valence-electron chi connectivity index (χ3n) is 7.54. The highest BCUT2D eigenvalue weighted by atomic mass is 16.5. The van der Waals surface area contributed by atoms with Gasteiger partial charge in [0.15, 0.2) is 5.78 Å². The number of carbonyl (C=O) groups excluding carboxylic acids is 2. The normalized spacial score (nSPS) is 21.4. The average Bonchev–Trinajstić information content (AvgIpc) is 3.46. The fraction of sp³-hybridized carbons (Fsp3) is 0.593. The molecule has 2 unspecified atom stereocenters. The van der Waals surface area contributed by atoms with Gasteiger partial charge in [0, 0.05) is 36.3 Å². The molecule has 2 aromatic rings. The number of ether oxygens (including phenoxy) is 1. The number of hydrogen-bond acceptors (Lipinski definition) is 6. The van der Waals surface area contributed by atoms with Gasteiger partial charge in [-0.25, -0.2) is 0 Å². The minimum atomic E-state index is -0.240. The van der Waals surface area contributed by atoms with Crippen LogP contribution in [0.4, 0.5) is 0 Å². The van der Waals surface area contributed by atoms with E-state index in [0.717, 1.165) is 81.2 Å². The van der Waals surface area contributed by atoms with Gasteiger partial charge in [0.1, 0.15) is 5.84 Å². The molecule has 0 spiro atoms. The quantitative estimate of drug-likeness (QED) is 0.307. The Labute approximate surface area is 207 Å². The number of aromatic nitrogens is 1. The first kappa shape index (κ1) is 25.4. The van der Waals surface area contributed by atoms with Crippen LogP contribution in [0.3, 0.4) is 0 Å². The van der Waals surface area contributed by atoms with Crippen molar-refractivity contribution < 1.29 is 14.3 Å². The highest BCUT2D eigenvalue weighted by Crippen LogP contribution is 2.27. The van der Waals surface area contributed by atoms with Crippen molar-refractivity contribution in [2.24, 2.45) is 5.73 Å². The molecule has 2 aliphatic heterocycles. The number of nitrogen functional groups attached to an aromatic ring is 1. The number of hydrogen-bond donors (Lipinski definition) is 2. The Balaban J connectivity index is 1.45. The number of rotatable bonds is 10. The second-order valence-corrected chi connectivity index (χ2v) is 9.70. The zero-order valence-corrected chi connectivity index (χ0v) is 21.1. The molecule has 4 rings (SSSR count). The largest absolute Gasteiger partial charge is 0.465 e. The Morgan fingerprint density at radius 1 is 1.06 bits per heavy atom. The van der Waals surface area contributed by atoms with E-state index >= 15 is 0 Å². The molecule has 2 fully saturated rings. The van der Waals surface area contributed by atoms with Gasteiger partial charge in [-0.3, -0.25) is 24.8 Å². The van der Waals surface area contributed by atoms with Crippen LogP contribution in [-0.2, 0) is 27.3 Å². The van der Waals surface area contributed by atoms with Crippen molar-refractivity contribution in [3.05, 3.63) is 35.5 Å². The number of Topliss-reactive ketones (excluding diaryl/α,β-unsaturated/α-hetero) is 1. The fourth-order valence-electron chi connectivity index (χ4n) is 5.83. The number of piperidine rings is 1. The summed E-state index contributed by atoms with van der Waals surface area (Å²) in [5.41, 5.74) is 8.78. The Morgan fingerprint density at radius 3 is 2.54 bits per heavy atom. The lowest BCUT2D eigenvalue weighted by atomic mass is 9.93. The summed E-state index contributed by atoms with van der Waals surface area (Å²) >= 11 is 0. The predicted molar refractivity (Wildman–Crippen MR) is 138 cm³/mol. The minimum Gasteiger partial charge on any atom is -0.465 e. The van der Waals surface area contributed by atoms with Crippen molar-refractivity contribution in [2.75, 3.05) is 32.8 Å². The standard InChI is InChI=1S/C27H39N5O3/c1-3-32-21(16-19-10-11-20(27(28)29)17-24(19)32)12-15-30-14-7-9-22(30)26(34)23-8-5-6-13-31(23)18-25(33)35-4-2/h10-11,16-17,22-23H,3-9,12-15,18H2,1-2H3,(H3,28,29). The number of nitrogens with one attached hydrogen (secondary N) is 1. The van der Waals surface area contributed by atoms with Gasteiger partial charge in [-0.15, -0.1) is 0 Å². The van der Waals surface area contributed by atoms with Crippen LogP contribution >= 0.6 is 0 Å². The van der Waals surface area contributed by atoms with Crippen LogP contribution < -0.4 is 5.73 Å². The van der Waals surface area contributed by atoms with Crippen molar-refractivity contribution in [1.29, 1.82) is 5.41 Å². The van der Waals surface area contributed by atoms with Gasteiger partial charge in [0.05, 0.1) is 25.2 Å². The molecule has 35 heavy (non-hydrogen) atoms. The van der Waals surface area contributed by atoms with E-state index in [1.54, 1.807) is 0 Å². The molecular weight excluding hydrogens is 442 g/mol. The molecule has 8 heteroatoms. The highest BCUT2D eigenvalue weighted by Gasteiger charge is 2.38. The highest BCUT2D eigenvalue weighted by molar-refractivity contribution is 5.98. The van der Waals surface area contributed by atoms with Gasteiger partial charge in [-0.2, -0.15) is 0 Å². The van der Waals surface area contributed by atoms with Crippen molar-refractivity contribution in [3.63, 3.8) is 0 Å². The summed E-state index contributed by atoms with van der Waals surface area (Å²) in [6.07, 6.45) is 5.65. The summed E-state index contributed by atoms with van der Waals surface area (Å²) in [4.78, 5) is 30.2. The molecule has 3 N–H and O–H groups in total. The SMILES string of the molecule is CCOC(=O)CN1CCCCC1C(=O)C1CCCN1CCc1cc2ccc(C(=N)N)cc2n1CC. The zero-order valence-electron chi connectivity index (χ0n) is 21.1. The van der Waals surface area contributed by atoms with Crippen LogP contribution in [0, 0.1) is 5.41 Å². The maximum absolute atomic E-state index is 13.7. The molecule has 0 amide bonds. The summed E-state index contributed by atoms with van der Waals surface area (Å²) in [6.45, 7) is 7.90. The molecule has 2 atom stereocenters. The number of aryl methyl sites for hydroxylation is 1. The van der Waals surface area contributed by atoms with Crippen LogP contribution in [0.25, 0.3) is 10.9 Å². The molecule has 2 aliphatic rings. The Kier molecular flexibility index (Phi) is 8.23. The number of esters is 1. The van der Waals surface area contributed by atoms with E-state index in [0.29, 0.717) is 6.61 Å². The number of nitrogens with zero attached hydrogens (tertiary/aromatic N) is 3. The van der Waals surface area contributed by atoms with Gasteiger partial charge in [-0.05, 0) is 70.1 Å². The Hall–Kier alpha value is -2.71. The number of fused-ring (bicyclic) bond motifs is 1. The van der Waals surface area contributed by atoms with E-state index in [1.807, 2.05) is 30.0 Å². The summed E-state index contributed by atoms with van der Waals surface area (Å²) in [5.74, 6) is 0.111. The molecule has 2 saturated heterocycles. The molecule has 8 nitrogen and oxygen atoms in total. The summed E-state index contributed by atoms with van der Waals surface area (Å²) in [6, 6.07) is 7.88. The summed E-state index contributed by atoms with van der Waals surface area (Å²) < 4.78 is 7.44. The molecule has 1 aromatic heterocycles. The van der Waals surface area contributed by atoms with Crippen LogP contribution in [0.5, 0.6) is 0 Å². The Morgan fingerprint density at radius 2 is 1.80 bits per heavy atom. The van der Waals surface area contributed by atoms with E-state index in [-0.39, 0.29) is 36.2 Å². The monoisotopic (exact) mass is 481 g/mol. The second-order valence-electron chi connectivity index (χ2n) is 9.70. The maximum atomic E-state index is 13.7. The number of carbonyl (C=O) groups is 2. The maximum Gasteiger partial charge on any atom is 0.320 e. The molecule has 0 saturated carbocycles. The van der Waals surface area contributed by atoms with E-state index < -0.39 is 0 Å². The number of benzene rings is 1. The van der Waals surface area contributed by atoms with E-state index in [2.05, 4.69) is 22.5 Å². The van der Waals surface area contributed by atoms with Gasteiger partial charge < -0.3 is 15.0 Å². The van der Waals surface area contributed by atoms with Crippen LogP contribution in [0.2, 0.25) is 0 Å². The van der Waals surface area contributed by atoms with E-state index in [4.69, 9.17) is 15.9 Å². The molecule has 190 valence electrons. The van der Waals surface area contributed by atoms with Crippen LogP contribution in [0.15, 0.2) is 24.3 Å². The van der Waals surface area contributed by atoms with Gasteiger partial charge in [-0.1, -0.05) is 18.6 Å². The third-order valence-corrected chi connectivity index (χ3v) is 7.54. The van der Waals surface area contributed by atoms with E-state index in [9.17, 15) is 9.59 Å². The molecule has 1 aromatic carbocycles. The lowest BCUT2D eigenvalue weighted by Crippen LogP contribution is -2.53. The molecule has 0 bridgehead atoms. The first-order valence-electron chi connectivity index (χ1n) is 13.1. The number of nitrogens with two attached hydrogens (primary N) is 1. The fourth-order valence-corrected chi connectivity index (χ4v) is 5.83. The number of amidine groups is 1. The van der Waals surface area contributed by atoms with Crippen molar-refractivity contribution >= 4 is 28.5 Å². The summed E-state index contributed by atoms with van der Waals surface area (Å²) in [5, 5.41) is 8.91. The van der Waals surface area contributed by atoms with Crippen LogP contribution in [0.1, 0.15) is 57.2 Å². The smallest absolute Gasteiger partial charge is 0.320 e. The second kappa shape index (κ2) is 11.4. The predicted octanol–water partition coefficient (Wildman–Crippen LogP) is 2.94. The number of ketones is 1. The molecular formula is C27H39N5O3. The lowest BCUT2D eigenvalue weighted by Gasteiger charge is -2.36. The molecule has 0 aliphatic carbocycles. The van der Waals surface area contributed by atoms with Crippen molar-refractivity contribution in [3.8, 4) is 0 Å². The van der Waals surface area contributed by atoms with Crippen molar-refractivity contribution in [2.45, 2.75) is 71.0 Å². The van der Waals surface area contributed by atoms with Crippen LogP contribution in [-0.4, -0.2) is 76.8 Å². The average molecular weight is 482 g/mol. The topological polar surface area (TPSA) is 105 Å². The molecule has 3 heterocycles. The molecule has 0 radical (unpaired) electrons. The van der Waals surface area contributed by atoms with E-state index in [1.165, 1.54) is 5.69 Å². The third kappa shape index (κ3) is 5.59.